The lowest BCUT2D eigenvalue weighted by atomic mass is 9.71. The number of anilines is 2. The molecule has 0 spiro atoms. The second kappa shape index (κ2) is 7.04. The van der Waals surface area contributed by atoms with Gasteiger partial charge in [0, 0.05) is 28.4 Å². The molecule has 28 heavy (non-hydrogen) atoms. The molecule has 5 heteroatoms. The summed E-state index contributed by atoms with van der Waals surface area (Å²) in [5, 5.41) is 6.45. The Labute approximate surface area is 167 Å². The molecule has 1 heterocycles. The first-order valence-electron chi connectivity index (χ1n) is 9.61. The number of ether oxygens (including phenoxy) is 2. The van der Waals surface area contributed by atoms with Gasteiger partial charge in [-0.15, -0.1) is 0 Å². The summed E-state index contributed by atoms with van der Waals surface area (Å²) in [5.74, 6) is 0.794. The predicted octanol–water partition coefficient (Wildman–Crippen LogP) is 5.47. The van der Waals surface area contributed by atoms with Crippen LogP contribution < -0.4 is 15.4 Å². The van der Waals surface area contributed by atoms with Crippen LogP contribution in [0, 0.1) is 6.92 Å². The molecule has 2 aromatic carbocycles. The fraction of sp³-hybridized carbons (Fsp3) is 0.435. The summed E-state index contributed by atoms with van der Waals surface area (Å²) in [7, 11) is 1.68. The lowest BCUT2D eigenvalue weighted by Gasteiger charge is -2.33. The molecular weight excluding hydrogens is 352 g/mol. The molecule has 0 saturated carbocycles. The van der Waals surface area contributed by atoms with Crippen LogP contribution in [0.4, 0.5) is 16.2 Å². The van der Waals surface area contributed by atoms with Gasteiger partial charge in [0.2, 0.25) is 0 Å². The zero-order valence-electron chi connectivity index (χ0n) is 17.8. The first-order valence-corrected chi connectivity index (χ1v) is 9.61. The van der Waals surface area contributed by atoms with Gasteiger partial charge in [-0.05, 0) is 76.9 Å². The molecule has 1 aliphatic rings. The summed E-state index contributed by atoms with van der Waals surface area (Å²) in [6, 6.07) is 12.2. The van der Waals surface area contributed by atoms with E-state index in [0.717, 1.165) is 17.0 Å². The minimum atomic E-state index is -0.550. The minimum absolute atomic E-state index is 0.161. The summed E-state index contributed by atoms with van der Waals surface area (Å²) < 4.78 is 11.1. The van der Waals surface area contributed by atoms with Gasteiger partial charge in [0.05, 0.1) is 7.11 Å². The Morgan fingerprint density at radius 1 is 1.21 bits per heavy atom. The Morgan fingerprint density at radius 2 is 1.93 bits per heavy atom. The second-order valence-corrected chi connectivity index (χ2v) is 8.61. The van der Waals surface area contributed by atoms with Crippen molar-refractivity contribution >= 4 is 17.5 Å². The molecule has 150 valence electrons. The van der Waals surface area contributed by atoms with E-state index in [1.165, 1.54) is 11.1 Å². The van der Waals surface area contributed by atoms with E-state index >= 15 is 0 Å². The molecule has 0 radical (unpaired) electrons. The van der Waals surface area contributed by atoms with E-state index in [1.807, 2.05) is 39.0 Å². The van der Waals surface area contributed by atoms with Crippen molar-refractivity contribution in [1.82, 2.24) is 0 Å². The Morgan fingerprint density at radius 3 is 2.57 bits per heavy atom. The minimum Gasteiger partial charge on any atom is -0.496 e. The molecule has 0 saturated heterocycles. The summed E-state index contributed by atoms with van der Waals surface area (Å²) in [4.78, 5) is 12.2. The molecule has 0 fully saturated rings. The predicted molar refractivity (Wildman–Crippen MR) is 114 cm³/mol. The van der Waals surface area contributed by atoms with Gasteiger partial charge in [0.1, 0.15) is 11.4 Å². The summed E-state index contributed by atoms with van der Waals surface area (Å²) in [6.07, 6.45) is -0.469. The number of benzene rings is 2. The van der Waals surface area contributed by atoms with Crippen LogP contribution in [0.2, 0.25) is 0 Å². The van der Waals surface area contributed by atoms with Crippen LogP contribution in [-0.2, 0) is 10.2 Å². The van der Waals surface area contributed by atoms with Crippen molar-refractivity contribution in [3.63, 3.8) is 0 Å². The van der Waals surface area contributed by atoms with Gasteiger partial charge in [0.25, 0.3) is 0 Å². The van der Waals surface area contributed by atoms with Crippen LogP contribution in [0.5, 0.6) is 5.75 Å². The SMILES string of the molecule is COc1ccc(NC(=O)OC(C)(C)C)cc1[C@]1(C)c2c(C)cccc2N[C@@H]1C. The molecule has 3 rings (SSSR count). The Kier molecular flexibility index (Phi) is 5.04. The zero-order chi connectivity index (χ0) is 20.7. The average Bonchev–Trinajstić information content (AvgIpc) is 2.86. The first kappa shape index (κ1) is 20.1. The van der Waals surface area contributed by atoms with Crippen molar-refractivity contribution < 1.29 is 14.3 Å². The number of carbonyl (C=O) groups is 1. The Balaban J connectivity index is 2.06. The zero-order valence-corrected chi connectivity index (χ0v) is 17.8. The van der Waals surface area contributed by atoms with Gasteiger partial charge in [-0.3, -0.25) is 5.32 Å². The average molecular weight is 383 g/mol. The van der Waals surface area contributed by atoms with Crippen molar-refractivity contribution in [3.8, 4) is 5.75 Å². The van der Waals surface area contributed by atoms with Gasteiger partial charge in [-0.25, -0.2) is 4.79 Å². The smallest absolute Gasteiger partial charge is 0.412 e. The van der Waals surface area contributed by atoms with Crippen molar-refractivity contribution in [2.45, 2.75) is 58.6 Å². The number of nitrogens with one attached hydrogen (secondary N) is 2. The number of methoxy groups -OCH3 is 1. The molecule has 0 bridgehead atoms. The van der Waals surface area contributed by atoms with Crippen molar-refractivity contribution in [1.29, 1.82) is 0 Å². The quantitative estimate of drug-likeness (QED) is 0.739. The molecule has 5 nitrogen and oxygen atoms in total. The highest BCUT2D eigenvalue weighted by Gasteiger charge is 2.44. The molecule has 0 unspecified atom stereocenters. The van der Waals surface area contributed by atoms with Crippen molar-refractivity contribution in [2.24, 2.45) is 0 Å². The highest BCUT2D eigenvalue weighted by Crippen LogP contribution is 2.50. The van der Waals surface area contributed by atoms with E-state index in [2.05, 4.69) is 49.6 Å². The highest BCUT2D eigenvalue weighted by molar-refractivity contribution is 5.85. The normalized spacial score (nSPS) is 20.9. The standard InChI is InChI=1S/C23H30N2O3/c1-14-9-8-10-18-20(14)23(6,15(2)24-18)17-13-16(11-12-19(17)27-7)25-21(26)28-22(3,4)5/h8-13,15,24H,1-7H3,(H,25,26)/t15-,23-/m1/s1. The van der Waals surface area contributed by atoms with E-state index in [0.29, 0.717) is 5.69 Å². The number of hydrogen-bond donors (Lipinski definition) is 2. The van der Waals surface area contributed by atoms with Crippen LogP contribution in [0.1, 0.15) is 51.3 Å². The van der Waals surface area contributed by atoms with Gasteiger partial charge < -0.3 is 14.8 Å². The molecule has 0 aromatic heterocycles. The van der Waals surface area contributed by atoms with Crippen LogP contribution >= 0.6 is 0 Å². The Bertz CT molecular complexity index is 901. The lowest BCUT2D eigenvalue weighted by Crippen LogP contribution is -2.35. The molecule has 2 atom stereocenters. The highest BCUT2D eigenvalue weighted by atomic mass is 16.6. The molecule has 1 amide bonds. The van der Waals surface area contributed by atoms with E-state index in [-0.39, 0.29) is 11.5 Å². The third-order valence-corrected chi connectivity index (χ3v) is 5.43. The van der Waals surface area contributed by atoms with Gasteiger partial charge in [0.15, 0.2) is 0 Å². The lowest BCUT2D eigenvalue weighted by molar-refractivity contribution is 0.0636. The summed E-state index contributed by atoms with van der Waals surface area (Å²) >= 11 is 0. The maximum absolute atomic E-state index is 12.2. The molecule has 0 aliphatic carbocycles. The van der Waals surface area contributed by atoms with Crippen molar-refractivity contribution in [3.05, 3.63) is 53.1 Å². The maximum atomic E-state index is 12.2. The monoisotopic (exact) mass is 382 g/mol. The first-order chi connectivity index (χ1) is 13.1. The molecular formula is C23H30N2O3. The van der Waals surface area contributed by atoms with Gasteiger partial charge in [-0.1, -0.05) is 12.1 Å². The van der Waals surface area contributed by atoms with Gasteiger partial charge in [-0.2, -0.15) is 0 Å². The third kappa shape index (κ3) is 3.53. The molecule has 2 N–H and O–H groups in total. The fourth-order valence-corrected chi connectivity index (χ4v) is 4.05. The maximum Gasteiger partial charge on any atom is 0.412 e. The van der Waals surface area contributed by atoms with Crippen molar-refractivity contribution in [2.75, 3.05) is 17.7 Å². The summed E-state index contributed by atoms with van der Waals surface area (Å²) in [5.41, 5.74) is 4.47. The Hall–Kier alpha value is -2.69. The fourth-order valence-electron chi connectivity index (χ4n) is 4.05. The third-order valence-electron chi connectivity index (χ3n) is 5.43. The number of hydrogen-bond acceptors (Lipinski definition) is 4. The summed E-state index contributed by atoms with van der Waals surface area (Å²) in [6.45, 7) is 12.1. The number of rotatable bonds is 3. The van der Waals surface area contributed by atoms with Crippen LogP contribution in [-0.4, -0.2) is 24.8 Å². The number of fused-ring (bicyclic) bond motifs is 1. The topological polar surface area (TPSA) is 59.6 Å². The number of amides is 1. The van der Waals surface area contributed by atoms with Gasteiger partial charge >= 0.3 is 6.09 Å². The van der Waals surface area contributed by atoms with E-state index in [1.54, 1.807) is 7.11 Å². The second-order valence-electron chi connectivity index (χ2n) is 8.61. The number of carbonyl (C=O) groups excluding carboxylic acids is 1. The van der Waals surface area contributed by atoms with E-state index < -0.39 is 11.7 Å². The van der Waals surface area contributed by atoms with E-state index in [9.17, 15) is 4.79 Å². The number of aryl methyl sites for hydroxylation is 1. The van der Waals surface area contributed by atoms with E-state index in [4.69, 9.17) is 9.47 Å². The largest absolute Gasteiger partial charge is 0.496 e. The molecule has 1 aliphatic heterocycles. The van der Waals surface area contributed by atoms with Crippen LogP contribution in [0.25, 0.3) is 0 Å². The van der Waals surface area contributed by atoms with Crippen LogP contribution in [0.3, 0.4) is 0 Å². The van der Waals surface area contributed by atoms with Crippen LogP contribution in [0.15, 0.2) is 36.4 Å². The molecule has 2 aromatic rings.